The number of aliphatic hydroxyl groups excluding tert-OH is 1. The fraction of sp³-hybridized carbons (Fsp3) is 0.483. The van der Waals surface area contributed by atoms with E-state index < -0.39 is 11.7 Å². The van der Waals surface area contributed by atoms with Crippen LogP contribution in [0.5, 0.6) is 17.2 Å². The summed E-state index contributed by atoms with van der Waals surface area (Å²) in [4.78, 5) is 6.48. The quantitative estimate of drug-likeness (QED) is 0.330. The first-order chi connectivity index (χ1) is 18.3. The first-order valence-corrected chi connectivity index (χ1v) is 13.5. The number of piperidine rings is 1. The molecule has 0 spiro atoms. The molecule has 206 valence electrons. The van der Waals surface area contributed by atoms with Crippen LogP contribution in [-0.4, -0.2) is 69.8 Å². The summed E-state index contributed by atoms with van der Waals surface area (Å²) >= 11 is 6.25. The predicted octanol–water partition coefficient (Wildman–Crippen LogP) is 4.26. The molecule has 1 saturated heterocycles. The molecule has 3 aromatic rings. The first-order valence-electron chi connectivity index (χ1n) is 13.1. The van der Waals surface area contributed by atoms with Gasteiger partial charge < -0.3 is 29.0 Å². The molecule has 2 heterocycles. The average molecular weight is 544 g/mol. The van der Waals surface area contributed by atoms with Gasteiger partial charge in [0.1, 0.15) is 23.8 Å². The maximum atomic E-state index is 11.3. The van der Waals surface area contributed by atoms with Gasteiger partial charge in [0.05, 0.1) is 24.8 Å². The number of aliphatic hydroxyl groups is 2. The van der Waals surface area contributed by atoms with Crippen molar-refractivity contribution >= 4 is 11.6 Å². The molecule has 0 radical (unpaired) electrons. The Morgan fingerprint density at radius 2 is 1.97 bits per heavy atom. The molecule has 0 saturated carbocycles. The van der Waals surface area contributed by atoms with E-state index in [9.17, 15) is 10.2 Å². The van der Waals surface area contributed by atoms with Gasteiger partial charge >= 0.3 is 0 Å². The van der Waals surface area contributed by atoms with Gasteiger partial charge in [-0.2, -0.15) is 0 Å². The minimum atomic E-state index is -1.41. The topological polar surface area (TPSA) is 89.2 Å². The van der Waals surface area contributed by atoms with E-state index in [-0.39, 0.29) is 13.2 Å². The predicted molar refractivity (Wildman–Crippen MR) is 147 cm³/mol. The van der Waals surface area contributed by atoms with Gasteiger partial charge in [0.2, 0.25) is 0 Å². The monoisotopic (exact) mass is 543 g/mol. The number of imidazole rings is 1. The number of halogens is 1. The van der Waals surface area contributed by atoms with Gasteiger partial charge in [-0.25, -0.2) is 4.98 Å². The number of aryl methyl sites for hydroxylation is 3. The van der Waals surface area contributed by atoms with Crippen LogP contribution in [0.2, 0.25) is 5.02 Å². The van der Waals surface area contributed by atoms with Crippen LogP contribution in [0.1, 0.15) is 36.7 Å². The highest BCUT2D eigenvalue weighted by Gasteiger charge is 2.42. The van der Waals surface area contributed by atoms with E-state index in [0.29, 0.717) is 48.4 Å². The summed E-state index contributed by atoms with van der Waals surface area (Å²) in [5, 5.41) is 22.4. The fourth-order valence-electron chi connectivity index (χ4n) is 4.81. The number of rotatable bonds is 12. The number of β-amino-alcohol motifs (C(OH)–C–C–N with tert-alkyl or cyclic N) is 1. The van der Waals surface area contributed by atoms with Crippen LogP contribution in [-0.2, 0) is 19.5 Å². The maximum Gasteiger partial charge on any atom is 0.161 e. The van der Waals surface area contributed by atoms with E-state index in [4.69, 9.17) is 25.8 Å². The molecule has 9 heteroatoms. The highest BCUT2D eigenvalue weighted by molar-refractivity contribution is 6.32. The normalized spacial score (nSPS) is 19.9. The Bertz CT molecular complexity index is 1200. The standard InChI is InChI=1S/C29H38ClN3O5/c1-4-28-31-11-14-33(28)12-5-15-37-26-17-22(7-9-24(26)36-3)18-32-13-10-27(34)29(35,19-32)20-38-25-16-21(2)6-8-23(25)30/h6-9,11,14,16-17,27,34-35H,4-5,10,12-13,15,18-20H2,1-3H3/t27-,29-/m0/s1. The van der Waals surface area contributed by atoms with Crippen LogP contribution in [0.15, 0.2) is 48.8 Å². The van der Waals surface area contributed by atoms with Crippen LogP contribution in [0, 0.1) is 6.92 Å². The molecule has 0 bridgehead atoms. The molecule has 0 amide bonds. The van der Waals surface area contributed by atoms with Crippen LogP contribution in [0.25, 0.3) is 0 Å². The van der Waals surface area contributed by atoms with Crippen LogP contribution < -0.4 is 14.2 Å². The molecule has 2 aromatic carbocycles. The van der Waals surface area contributed by atoms with Gasteiger partial charge in [-0.3, -0.25) is 4.90 Å². The van der Waals surface area contributed by atoms with Gasteiger partial charge in [0.25, 0.3) is 0 Å². The minimum Gasteiger partial charge on any atom is -0.493 e. The highest BCUT2D eigenvalue weighted by atomic mass is 35.5. The van der Waals surface area contributed by atoms with Crippen molar-refractivity contribution < 1.29 is 24.4 Å². The number of ether oxygens (including phenoxy) is 3. The molecule has 38 heavy (non-hydrogen) atoms. The third-order valence-corrected chi connectivity index (χ3v) is 7.27. The van der Waals surface area contributed by atoms with Crippen LogP contribution in [0.4, 0.5) is 0 Å². The zero-order valence-electron chi connectivity index (χ0n) is 22.4. The average Bonchev–Trinajstić information content (AvgIpc) is 3.37. The number of methoxy groups -OCH3 is 1. The second-order valence-corrected chi connectivity index (χ2v) is 10.3. The van der Waals surface area contributed by atoms with Crippen molar-refractivity contribution in [1.29, 1.82) is 0 Å². The summed E-state index contributed by atoms with van der Waals surface area (Å²) < 4.78 is 19.6. The summed E-state index contributed by atoms with van der Waals surface area (Å²) in [6.45, 7) is 6.90. The van der Waals surface area contributed by atoms with Crippen molar-refractivity contribution in [2.75, 3.05) is 33.4 Å². The Balaban J connectivity index is 1.35. The zero-order valence-corrected chi connectivity index (χ0v) is 23.2. The number of likely N-dealkylation sites (tertiary alicyclic amines) is 1. The molecular formula is C29H38ClN3O5. The van der Waals surface area contributed by atoms with Gasteiger partial charge in [-0.05, 0) is 55.2 Å². The molecule has 1 aliphatic rings. The van der Waals surface area contributed by atoms with E-state index in [0.717, 1.165) is 36.3 Å². The second kappa shape index (κ2) is 12.8. The summed E-state index contributed by atoms with van der Waals surface area (Å²) in [7, 11) is 1.63. The number of benzene rings is 2. The van der Waals surface area contributed by atoms with Gasteiger partial charge in [-0.15, -0.1) is 0 Å². The van der Waals surface area contributed by atoms with Crippen LogP contribution in [0.3, 0.4) is 0 Å². The molecule has 0 aliphatic carbocycles. The van der Waals surface area contributed by atoms with Gasteiger partial charge in [0.15, 0.2) is 11.5 Å². The Hall–Kier alpha value is -2.78. The Morgan fingerprint density at radius 3 is 2.76 bits per heavy atom. The van der Waals surface area contributed by atoms with E-state index in [1.165, 1.54) is 0 Å². The molecule has 0 unspecified atom stereocenters. The lowest BCUT2D eigenvalue weighted by atomic mass is 9.90. The second-order valence-electron chi connectivity index (χ2n) is 9.92. The zero-order chi connectivity index (χ0) is 27.1. The molecule has 8 nitrogen and oxygen atoms in total. The Morgan fingerprint density at radius 1 is 1.13 bits per heavy atom. The highest BCUT2D eigenvalue weighted by Crippen LogP contribution is 2.31. The lowest BCUT2D eigenvalue weighted by Gasteiger charge is -2.42. The van der Waals surface area contributed by atoms with E-state index in [2.05, 4.69) is 21.4 Å². The Labute approximate surface area is 229 Å². The molecule has 4 rings (SSSR count). The number of aromatic nitrogens is 2. The van der Waals surface area contributed by atoms with Crippen molar-refractivity contribution in [3.05, 3.63) is 70.8 Å². The molecule has 1 fully saturated rings. The number of hydrogen-bond donors (Lipinski definition) is 2. The van der Waals surface area contributed by atoms with Crippen molar-refractivity contribution in [2.24, 2.45) is 0 Å². The molecule has 1 aliphatic heterocycles. The fourth-order valence-corrected chi connectivity index (χ4v) is 4.98. The van der Waals surface area contributed by atoms with E-state index in [1.807, 2.05) is 49.6 Å². The summed E-state index contributed by atoms with van der Waals surface area (Å²) in [5.41, 5.74) is 0.624. The number of hydrogen-bond acceptors (Lipinski definition) is 7. The Kier molecular flexibility index (Phi) is 9.54. The number of nitrogens with zero attached hydrogens (tertiary/aromatic N) is 3. The smallest absolute Gasteiger partial charge is 0.161 e. The summed E-state index contributed by atoms with van der Waals surface area (Å²) in [5.74, 6) is 2.94. The summed E-state index contributed by atoms with van der Waals surface area (Å²) in [6.07, 6.45) is 5.13. The first kappa shape index (κ1) is 28.2. The molecule has 1 aromatic heterocycles. The SMILES string of the molecule is CCc1nccn1CCCOc1cc(CN2CC[C@H](O)[C@@](O)(COc3cc(C)ccc3Cl)C2)ccc1OC. The minimum absolute atomic E-state index is 0.0541. The molecular weight excluding hydrogens is 506 g/mol. The third-order valence-electron chi connectivity index (χ3n) is 6.95. The van der Waals surface area contributed by atoms with Crippen molar-refractivity contribution in [1.82, 2.24) is 14.5 Å². The summed E-state index contributed by atoms with van der Waals surface area (Å²) in [6, 6.07) is 11.4. The largest absolute Gasteiger partial charge is 0.493 e. The van der Waals surface area contributed by atoms with Gasteiger partial charge in [0, 0.05) is 45.0 Å². The van der Waals surface area contributed by atoms with Crippen LogP contribution >= 0.6 is 11.6 Å². The maximum absolute atomic E-state index is 11.3. The van der Waals surface area contributed by atoms with E-state index in [1.54, 1.807) is 13.2 Å². The van der Waals surface area contributed by atoms with Crippen molar-refractivity contribution in [3.63, 3.8) is 0 Å². The molecule has 2 N–H and O–H groups in total. The van der Waals surface area contributed by atoms with Gasteiger partial charge in [-0.1, -0.05) is 30.7 Å². The van der Waals surface area contributed by atoms with Crippen molar-refractivity contribution in [3.8, 4) is 17.2 Å². The van der Waals surface area contributed by atoms with Crippen molar-refractivity contribution in [2.45, 2.75) is 57.9 Å². The van der Waals surface area contributed by atoms with E-state index >= 15 is 0 Å². The molecule has 2 atom stereocenters. The lowest BCUT2D eigenvalue weighted by molar-refractivity contribution is -0.140. The lowest BCUT2D eigenvalue weighted by Crippen LogP contribution is -2.59. The third kappa shape index (κ3) is 6.99.